The number of rotatable bonds is 12. The Labute approximate surface area is 110 Å². The van der Waals surface area contributed by atoms with Gasteiger partial charge in [-0.05, 0) is 24.8 Å². The lowest BCUT2D eigenvalue weighted by Crippen LogP contribution is -2.09. The molecule has 0 aliphatic rings. The van der Waals surface area contributed by atoms with Crippen molar-refractivity contribution in [3.05, 3.63) is 0 Å². The van der Waals surface area contributed by atoms with Crippen LogP contribution in [0.3, 0.4) is 0 Å². The van der Waals surface area contributed by atoms with Crippen LogP contribution >= 0.6 is 0 Å². The average molecular weight is 241 g/mol. The summed E-state index contributed by atoms with van der Waals surface area (Å²) in [7, 11) is 0. The van der Waals surface area contributed by atoms with E-state index in [0.717, 1.165) is 18.4 Å². The molecule has 2 N–H and O–H groups in total. The molecule has 0 aliphatic carbocycles. The van der Waals surface area contributed by atoms with Gasteiger partial charge in [-0.1, -0.05) is 78.6 Å². The van der Waals surface area contributed by atoms with Crippen molar-refractivity contribution in [1.29, 1.82) is 0 Å². The molecule has 1 nitrogen and oxygen atoms in total. The van der Waals surface area contributed by atoms with Gasteiger partial charge in [0.05, 0.1) is 0 Å². The summed E-state index contributed by atoms with van der Waals surface area (Å²) in [6, 6.07) is 0. The summed E-state index contributed by atoms with van der Waals surface area (Å²) < 4.78 is 0. The lowest BCUT2D eigenvalue weighted by molar-refractivity contribution is 0.378. The summed E-state index contributed by atoms with van der Waals surface area (Å²) >= 11 is 0. The topological polar surface area (TPSA) is 26.0 Å². The van der Waals surface area contributed by atoms with Crippen molar-refractivity contribution in [1.82, 2.24) is 0 Å². The third kappa shape index (κ3) is 10.8. The van der Waals surface area contributed by atoms with Gasteiger partial charge in [-0.25, -0.2) is 0 Å². The zero-order valence-electron chi connectivity index (χ0n) is 12.5. The minimum absolute atomic E-state index is 0.876. The average Bonchev–Trinajstić information content (AvgIpc) is 2.31. The molecule has 0 aromatic carbocycles. The van der Waals surface area contributed by atoms with E-state index in [4.69, 9.17) is 5.73 Å². The molecule has 0 rings (SSSR count). The molecule has 0 aliphatic heterocycles. The van der Waals surface area contributed by atoms with Crippen LogP contribution in [0.1, 0.15) is 85.0 Å². The Bertz CT molecular complexity index is 144. The van der Waals surface area contributed by atoms with Gasteiger partial charge in [0.2, 0.25) is 0 Å². The lowest BCUT2D eigenvalue weighted by atomic mass is 9.91. The molecule has 0 saturated carbocycles. The first-order valence-corrected chi connectivity index (χ1v) is 7.94. The molecule has 0 amide bonds. The molecule has 0 fully saturated rings. The van der Waals surface area contributed by atoms with Gasteiger partial charge in [0.15, 0.2) is 0 Å². The van der Waals surface area contributed by atoms with Crippen LogP contribution in [0.15, 0.2) is 0 Å². The largest absolute Gasteiger partial charge is 0.330 e. The van der Waals surface area contributed by atoms with Gasteiger partial charge in [0.25, 0.3) is 0 Å². The van der Waals surface area contributed by atoms with Gasteiger partial charge in [-0.2, -0.15) is 0 Å². The molecule has 2 atom stereocenters. The van der Waals surface area contributed by atoms with Gasteiger partial charge >= 0.3 is 0 Å². The molecule has 0 bridgehead atoms. The summed E-state index contributed by atoms with van der Waals surface area (Å²) in [6.07, 6.45) is 13.8. The maximum absolute atomic E-state index is 5.69. The fraction of sp³-hybridized carbons (Fsp3) is 1.00. The number of nitrogens with two attached hydrogens (primary N) is 1. The molecule has 0 heterocycles. The molecule has 0 spiro atoms. The third-order valence-corrected chi connectivity index (χ3v) is 3.88. The molecule has 1 heteroatoms. The van der Waals surface area contributed by atoms with Crippen LogP contribution in [-0.2, 0) is 0 Å². The van der Waals surface area contributed by atoms with Crippen LogP contribution < -0.4 is 5.73 Å². The van der Waals surface area contributed by atoms with E-state index < -0.39 is 0 Å². The highest BCUT2D eigenvalue weighted by atomic mass is 14.5. The van der Waals surface area contributed by atoms with E-state index in [1.54, 1.807) is 0 Å². The molecule has 104 valence electrons. The SMILES string of the molecule is CCCCC(CCN)CCCCC(C)CCC. The van der Waals surface area contributed by atoms with Crippen molar-refractivity contribution in [2.75, 3.05) is 6.54 Å². The zero-order valence-corrected chi connectivity index (χ0v) is 12.5. The highest BCUT2D eigenvalue weighted by Gasteiger charge is 2.07. The first-order chi connectivity index (χ1) is 8.24. The number of hydrogen-bond donors (Lipinski definition) is 1. The molecule has 2 unspecified atom stereocenters. The molecule has 0 aromatic heterocycles. The fourth-order valence-corrected chi connectivity index (χ4v) is 2.72. The van der Waals surface area contributed by atoms with Crippen molar-refractivity contribution in [3.63, 3.8) is 0 Å². The van der Waals surface area contributed by atoms with Gasteiger partial charge in [0, 0.05) is 0 Å². The van der Waals surface area contributed by atoms with E-state index in [1.807, 2.05) is 0 Å². The second-order valence-electron chi connectivity index (χ2n) is 5.76. The Balaban J connectivity index is 3.52. The Morgan fingerprint density at radius 3 is 2.00 bits per heavy atom. The molecule has 17 heavy (non-hydrogen) atoms. The Morgan fingerprint density at radius 1 is 0.765 bits per heavy atom. The van der Waals surface area contributed by atoms with E-state index in [0.29, 0.717) is 0 Å². The minimum Gasteiger partial charge on any atom is -0.330 e. The monoisotopic (exact) mass is 241 g/mol. The van der Waals surface area contributed by atoms with E-state index >= 15 is 0 Å². The standard InChI is InChI=1S/C16H35N/c1-4-6-11-16(13-14-17)12-8-7-10-15(3)9-5-2/h15-16H,4-14,17H2,1-3H3. The number of unbranched alkanes of at least 4 members (excludes halogenated alkanes) is 2. The van der Waals surface area contributed by atoms with Crippen molar-refractivity contribution in [2.24, 2.45) is 17.6 Å². The maximum Gasteiger partial charge on any atom is -0.00746 e. The summed E-state index contributed by atoms with van der Waals surface area (Å²) in [5.41, 5.74) is 5.69. The maximum atomic E-state index is 5.69. The second kappa shape index (κ2) is 12.4. The first kappa shape index (κ1) is 17.0. The summed E-state index contributed by atoms with van der Waals surface area (Å²) in [5.74, 6) is 1.84. The summed E-state index contributed by atoms with van der Waals surface area (Å²) in [4.78, 5) is 0. The van der Waals surface area contributed by atoms with Crippen LogP contribution in [-0.4, -0.2) is 6.54 Å². The Morgan fingerprint density at radius 2 is 1.41 bits per heavy atom. The van der Waals surface area contributed by atoms with Crippen molar-refractivity contribution >= 4 is 0 Å². The minimum atomic E-state index is 0.876. The Kier molecular flexibility index (Phi) is 12.4. The van der Waals surface area contributed by atoms with Crippen molar-refractivity contribution in [3.8, 4) is 0 Å². The van der Waals surface area contributed by atoms with E-state index in [2.05, 4.69) is 20.8 Å². The number of hydrogen-bond acceptors (Lipinski definition) is 1. The molecule has 0 aromatic rings. The van der Waals surface area contributed by atoms with Crippen LogP contribution in [0.2, 0.25) is 0 Å². The summed E-state index contributed by atoms with van der Waals surface area (Å²) in [5, 5.41) is 0. The van der Waals surface area contributed by atoms with Crippen molar-refractivity contribution in [2.45, 2.75) is 85.0 Å². The van der Waals surface area contributed by atoms with E-state index in [-0.39, 0.29) is 0 Å². The zero-order chi connectivity index (χ0) is 12.9. The van der Waals surface area contributed by atoms with Crippen LogP contribution in [0.4, 0.5) is 0 Å². The first-order valence-electron chi connectivity index (χ1n) is 7.94. The highest BCUT2D eigenvalue weighted by molar-refractivity contribution is 4.61. The second-order valence-corrected chi connectivity index (χ2v) is 5.76. The quantitative estimate of drug-likeness (QED) is 0.470. The molecular formula is C16H35N. The predicted octanol–water partition coefficient (Wildman–Crippen LogP) is 5.14. The smallest absolute Gasteiger partial charge is 0.00746 e. The lowest BCUT2D eigenvalue weighted by Gasteiger charge is -2.16. The van der Waals surface area contributed by atoms with Gasteiger partial charge < -0.3 is 5.73 Å². The molecule has 0 radical (unpaired) electrons. The molecule has 0 saturated heterocycles. The van der Waals surface area contributed by atoms with Crippen LogP contribution in [0, 0.1) is 11.8 Å². The Hall–Kier alpha value is -0.0400. The van der Waals surface area contributed by atoms with Gasteiger partial charge in [-0.15, -0.1) is 0 Å². The van der Waals surface area contributed by atoms with Crippen LogP contribution in [0.25, 0.3) is 0 Å². The predicted molar refractivity (Wildman–Crippen MR) is 79.2 cm³/mol. The van der Waals surface area contributed by atoms with E-state index in [1.165, 1.54) is 64.2 Å². The molecular weight excluding hydrogens is 206 g/mol. The van der Waals surface area contributed by atoms with Gasteiger partial charge in [0.1, 0.15) is 0 Å². The van der Waals surface area contributed by atoms with Crippen molar-refractivity contribution < 1.29 is 0 Å². The van der Waals surface area contributed by atoms with Gasteiger partial charge in [-0.3, -0.25) is 0 Å². The highest BCUT2D eigenvalue weighted by Crippen LogP contribution is 2.21. The summed E-state index contributed by atoms with van der Waals surface area (Å²) in [6.45, 7) is 7.85. The van der Waals surface area contributed by atoms with Crippen LogP contribution in [0.5, 0.6) is 0 Å². The normalized spacial score (nSPS) is 14.8. The third-order valence-electron chi connectivity index (χ3n) is 3.88. The fourth-order valence-electron chi connectivity index (χ4n) is 2.72. The van der Waals surface area contributed by atoms with E-state index in [9.17, 15) is 0 Å².